The molecule has 1 aliphatic carbocycles. The normalized spacial score (nSPS) is 17.1. The topological polar surface area (TPSA) is 89.0 Å². The van der Waals surface area contributed by atoms with E-state index in [2.05, 4.69) is 5.32 Å². The van der Waals surface area contributed by atoms with Crippen molar-refractivity contribution in [1.29, 1.82) is 10.8 Å². The van der Waals surface area contributed by atoms with Crippen LogP contribution in [0.4, 0.5) is 0 Å². The molecule has 5 nitrogen and oxygen atoms in total. The first-order valence-electron chi connectivity index (χ1n) is 5.51. The summed E-state index contributed by atoms with van der Waals surface area (Å²) < 4.78 is 0. The molecule has 0 atom stereocenters. The third-order valence-corrected chi connectivity index (χ3v) is 2.98. The summed E-state index contributed by atoms with van der Waals surface area (Å²) in [5, 5.41) is 17.8. The van der Waals surface area contributed by atoms with Crippen LogP contribution in [0.1, 0.15) is 32.1 Å². The van der Waals surface area contributed by atoms with Gasteiger partial charge in [-0.05, 0) is 18.8 Å². The fourth-order valence-electron chi connectivity index (χ4n) is 1.87. The second-order valence-corrected chi connectivity index (χ2v) is 4.18. The minimum atomic E-state index is -0.101. The van der Waals surface area contributed by atoms with Gasteiger partial charge in [0.15, 0.2) is 11.9 Å². The molecule has 0 saturated heterocycles. The minimum absolute atomic E-state index is 0.101. The summed E-state index contributed by atoms with van der Waals surface area (Å²) in [6.45, 7) is 0.830. The van der Waals surface area contributed by atoms with Crippen molar-refractivity contribution in [3.63, 3.8) is 0 Å². The maximum Gasteiger partial charge on any atom is 0.197 e. The lowest BCUT2D eigenvalue weighted by atomic mass is 9.89. The quantitative estimate of drug-likeness (QED) is 0.404. The summed E-state index contributed by atoms with van der Waals surface area (Å²) in [7, 11) is 1.62. The third-order valence-electron chi connectivity index (χ3n) is 2.98. The minimum Gasteiger partial charge on any atom is -0.370 e. The van der Waals surface area contributed by atoms with Crippen molar-refractivity contribution >= 4 is 11.9 Å². The van der Waals surface area contributed by atoms with Crippen LogP contribution in [0.2, 0.25) is 0 Å². The van der Waals surface area contributed by atoms with Gasteiger partial charge in [0.1, 0.15) is 0 Å². The predicted molar refractivity (Wildman–Crippen MR) is 62.0 cm³/mol. The Morgan fingerprint density at radius 3 is 2.47 bits per heavy atom. The standard InChI is InChI=1S/C10H21N5/c1-15(9(11)12)10(13)14-7-8-5-3-2-4-6-8/h8H,2-7H2,1H3,(H3,11,12)(H2,13,14). The monoisotopic (exact) mass is 211 g/mol. The van der Waals surface area contributed by atoms with Gasteiger partial charge >= 0.3 is 0 Å². The average molecular weight is 211 g/mol. The number of hydrogen-bond acceptors (Lipinski definition) is 2. The highest BCUT2D eigenvalue weighted by Crippen LogP contribution is 2.22. The molecule has 1 fully saturated rings. The fourth-order valence-corrected chi connectivity index (χ4v) is 1.87. The van der Waals surface area contributed by atoms with E-state index >= 15 is 0 Å². The Balaban J connectivity index is 2.23. The van der Waals surface area contributed by atoms with Crippen molar-refractivity contribution in [2.45, 2.75) is 32.1 Å². The van der Waals surface area contributed by atoms with E-state index < -0.39 is 0 Å². The van der Waals surface area contributed by atoms with Gasteiger partial charge < -0.3 is 11.1 Å². The van der Waals surface area contributed by atoms with Crippen molar-refractivity contribution in [3.8, 4) is 0 Å². The molecule has 0 unspecified atom stereocenters. The molecule has 0 heterocycles. The van der Waals surface area contributed by atoms with Crippen LogP contribution in [0.15, 0.2) is 0 Å². The maximum absolute atomic E-state index is 7.64. The molecule has 1 saturated carbocycles. The van der Waals surface area contributed by atoms with Crippen molar-refractivity contribution in [2.24, 2.45) is 11.7 Å². The van der Waals surface area contributed by atoms with Crippen LogP contribution in [-0.4, -0.2) is 30.4 Å². The van der Waals surface area contributed by atoms with E-state index in [0.717, 1.165) is 6.54 Å². The van der Waals surface area contributed by atoms with Crippen LogP contribution in [0.3, 0.4) is 0 Å². The van der Waals surface area contributed by atoms with Crippen LogP contribution < -0.4 is 11.1 Å². The average Bonchev–Trinajstić information content (AvgIpc) is 2.26. The Kier molecular flexibility index (Phi) is 4.39. The van der Waals surface area contributed by atoms with Crippen molar-refractivity contribution in [3.05, 3.63) is 0 Å². The molecule has 0 aromatic rings. The highest BCUT2D eigenvalue weighted by molar-refractivity contribution is 5.94. The molecule has 0 spiro atoms. The van der Waals surface area contributed by atoms with Crippen LogP contribution in [0, 0.1) is 16.7 Å². The number of nitrogens with one attached hydrogen (secondary N) is 3. The van der Waals surface area contributed by atoms with Gasteiger partial charge in [-0.2, -0.15) is 0 Å². The molecular formula is C10H21N5. The van der Waals surface area contributed by atoms with Crippen molar-refractivity contribution < 1.29 is 0 Å². The molecule has 86 valence electrons. The lowest BCUT2D eigenvalue weighted by molar-refractivity contribution is 0.354. The lowest BCUT2D eigenvalue weighted by Gasteiger charge is -2.24. The van der Waals surface area contributed by atoms with Gasteiger partial charge in [-0.3, -0.25) is 15.7 Å². The van der Waals surface area contributed by atoms with Crippen molar-refractivity contribution in [1.82, 2.24) is 10.2 Å². The zero-order valence-corrected chi connectivity index (χ0v) is 9.34. The summed E-state index contributed by atoms with van der Waals surface area (Å²) in [4.78, 5) is 1.34. The molecule has 15 heavy (non-hydrogen) atoms. The molecule has 0 aromatic heterocycles. The van der Waals surface area contributed by atoms with E-state index in [0.29, 0.717) is 5.92 Å². The first kappa shape index (κ1) is 11.8. The van der Waals surface area contributed by atoms with E-state index in [1.54, 1.807) is 7.05 Å². The van der Waals surface area contributed by atoms with E-state index in [-0.39, 0.29) is 11.9 Å². The summed E-state index contributed by atoms with van der Waals surface area (Å²) in [5.41, 5.74) is 5.27. The number of rotatable bonds is 2. The SMILES string of the molecule is CN(C(=N)N)C(=N)NCC1CCCCC1. The van der Waals surface area contributed by atoms with E-state index in [4.69, 9.17) is 16.6 Å². The fraction of sp³-hybridized carbons (Fsp3) is 0.800. The molecule has 0 bridgehead atoms. The van der Waals surface area contributed by atoms with Gasteiger partial charge in [-0.15, -0.1) is 0 Å². The van der Waals surface area contributed by atoms with Gasteiger partial charge in [0, 0.05) is 13.6 Å². The first-order chi connectivity index (χ1) is 7.11. The molecule has 0 radical (unpaired) electrons. The first-order valence-corrected chi connectivity index (χ1v) is 5.51. The highest BCUT2D eigenvalue weighted by Gasteiger charge is 2.14. The number of hydrogen-bond donors (Lipinski definition) is 4. The third kappa shape index (κ3) is 3.77. The summed E-state index contributed by atoms with van der Waals surface area (Å²) in [6, 6.07) is 0. The maximum atomic E-state index is 7.64. The molecule has 0 amide bonds. The molecule has 1 rings (SSSR count). The Morgan fingerprint density at radius 1 is 1.33 bits per heavy atom. The number of nitrogens with zero attached hydrogens (tertiary/aromatic N) is 1. The largest absolute Gasteiger partial charge is 0.370 e. The second-order valence-electron chi connectivity index (χ2n) is 4.18. The Bertz CT molecular complexity index is 232. The van der Waals surface area contributed by atoms with Crippen LogP contribution >= 0.6 is 0 Å². The predicted octanol–water partition coefficient (Wildman–Crippen LogP) is 0.916. The summed E-state index contributed by atoms with van der Waals surface area (Å²) in [6.07, 6.45) is 6.47. The molecule has 0 aliphatic heterocycles. The Labute approximate surface area is 91.0 Å². The zero-order chi connectivity index (χ0) is 11.3. The van der Waals surface area contributed by atoms with Gasteiger partial charge in [0.2, 0.25) is 0 Å². The Morgan fingerprint density at radius 2 is 1.93 bits per heavy atom. The van der Waals surface area contributed by atoms with Gasteiger partial charge in [-0.1, -0.05) is 19.3 Å². The molecule has 5 N–H and O–H groups in total. The van der Waals surface area contributed by atoms with E-state index in [1.165, 1.54) is 37.0 Å². The smallest absolute Gasteiger partial charge is 0.197 e. The van der Waals surface area contributed by atoms with Crippen LogP contribution in [0.25, 0.3) is 0 Å². The number of guanidine groups is 2. The van der Waals surface area contributed by atoms with E-state index in [1.807, 2.05) is 0 Å². The zero-order valence-electron chi connectivity index (χ0n) is 9.34. The Hall–Kier alpha value is -1.26. The summed E-state index contributed by atoms with van der Waals surface area (Å²) >= 11 is 0. The van der Waals surface area contributed by atoms with Gasteiger partial charge in [0.05, 0.1) is 0 Å². The van der Waals surface area contributed by atoms with Crippen LogP contribution in [0.5, 0.6) is 0 Å². The molecule has 0 aromatic carbocycles. The van der Waals surface area contributed by atoms with Gasteiger partial charge in [-0.25, -0.2) is 0 Å². The molecule has 5 heteroatoms. The molecule has 1 aliphatic rings. The highest BCUT2D eigenvalue weighted by atomic mass is 15.3. The summed E-state index contributed by atoms with van der Waals surface area (Å²) in [5.74, 6) is 0.795. The van der Waals surface area contributed by atoms with Gasteiger partial charge in [0.25, 0.3) is 0 Å². The van der Waals surface area contributed by atoms with E-state index in [9.17, 15) is 0 Å². The van der Waals surface area contributed by atoms with Crippen LogP contribution in [-0.2, 0) is 0 Å². The molecular weight excluding hydrogens is 190 g/mol. The lowest BCUT2D eigenvalue weighted by Crippen LogP contribution is -2.46. The second kappa shape index (κ2) is 5.58. The number of nitrogens with two attached hydrogens (primary N) is 1. The van der Waals surface area contributed by atoms with Crippen molar-refractivity contribution in [2.75, 3.05) is 13.6 Å².